The van der Waals surface area contributed by atoms with Crippen molar-refractivity contribution in [1.82, 2.24) is 10.2 Å². The van der Waals surface area contributed by atoms with Crippen molar-refractivity contribution in [2.45, 2.75) is 50.3 Å². The molecule has 2 aromatic carbocycles. The number of amides is 2. The highest BCUT2D eigenvalue weighted by atomic mass is 32.2. The minimum Gasteiger partial charge on any atom is -0.375 e. The van der Waals surface area contributed by atoms with Crippen LogP contribution in [0.1, 0.15) is 43.2 Å². The van der Waals surface area contributed by atoms with Gasteiger partial charge < -0.3 is 15.1 Å². The van der Waals surface area contributed by atoms with E-state index in [9.17, 15) is 9.59 Å². The molecule has 34 heavy (non-hydrogen) atoms. The fourth-order valence-corrected chi connectivity index (χ4v) is 6.21. The number of aryl methyl sites for hydroxylation is 1. The fraction of sp³-hybridized carbons (Fsp3) is 0.429. The van der Waals surface area contributed by atoms with Crippen LogP contribution in [0.3, 0.4) is 0 Å². The summed E-state index contributed by atoms with van der Waals surface area (Å²) in [5, 5.41) is 3.41. The van der Waals surface area contributed by atoms with E-state index < -0.39 is 0 Å². The van der Waals surface area contributed by atoms with Gasteiger partial charge in [0.05, 0.1) is 4.91 Å². The van der Waals surface area contributed by atoms with Crippen LogP contribution in [0, 0.1) is 6.92 Å². The van der Waals surface area contributed by atoms with Crippen LogP contribution in [-0.2, 0) is 9.59 Å². The van der Waals surface area contributed by atoms with Gasteiger partial charge in [0.2, 0.25) is 5.91 Å². The van der Waals surface area contributed by atoms with Crippen molar-refractivity contribution in [2.24, 2.45) is 0 Å². The predicted octanol–water partition coefficient (Wildman–Crippen LogP) is 4.87. The Balaban J connectivity index is 1.35. The van der Waals surface area contributed by atoms with Crippen molar-refractivity contribution in [3.8, 4) is 0 Å². The Kier molecular flexibility index (Phi) is 8.33. The number of carbonyl (C=O) groups excluding carboxylic acids is 2. The highest BCUT2D eigenvalue weighted by molar-refractivity contribution is 8.04. The summed E-state index contributed by atoms with van der Waals surface area (Å²) in [6.45, 7) is 3.66. The lowest BCUT2D eigenvalue weighted by Gasteiger charge is -2.43. The number of nitrogens with one attached hydrogen (secondary N) is 1. The molecule has 0 aromatic heterocycles. The Bertz CT molecular complexity index is 1010. The Morgan fingerprint density at radius 3 is 2.62 bits per heavy atom. The molecule has 0 spiro atoms. The van der Waals surface area contributed by atoms with E-state index in [2.05, 4.69) is 48.5 Å². The fourth-order valence-electron chi connectivity index (χ4n) is 4.74. The molecule has 5 nitrogen and oxygen atoms in total. The summed E-state index contributed by atoms with van der Waals surface area (Å²) in [5.74, 6) is -0.0747. The Morgan fingerprint density at radius 1 is 1.12 bits per heavy atom. The van der Waals surface area contributed by atoms with E-state index in [4.69, 9.17) is 0 Å². The minimum atomic E-state index is -0.0679. The number of anilines is 1. The average Bonchev–Trinajstić information content (AvgIpc) is 2.86. The standard InChI is InChI=1S/C28H35N3O2S/c1-21-13-15-22(16-14-21)19-26-28(33)31(24-11-6-7-12-25(24)34-26)20-27(32)29-17-8-18-30(2)23-9-4-3-5-10-23/h3-5,9-10,13-16,19,24-25H,6-8,11-12,17-18,20H2,1-2H3,(H,29,32)/b26-19-. The molecule has 2 aliphatic rings. The van der Waals surface area contributed by atoms with E-state index in [0.717, 1.165) is 42.7 Å². The van der Waals surface area contributed by atoms with Crippen LogP contribution in [0.5, 0.6) is 0 Å². The number of para-hydroxylation sites is 1. The second-order valence-corrected chi connectivity index (χ2v) is 10.6. The zero-order valence-electron chi connectivity index (χ0n) is 20.2. The number of rotatable bonds is 8. The highest BCUT2D eigenvalue weighted by Crippen LogP contribution is 2.42. The largest absolute Gasteiger partial charge is 0.375 e. The highest BCUT2D eigenvalue weighted by Gasteiger charge is 2.41. The normalized spacial score (nSPS) is 21.3. The van der Waals surface area contributed by atoms with Crippen LogP contribution in [0.2, 0.25) is 0 Å². The molecule has 2 atom stereocenters. The van der Waals surface area contributed by atoms with Gasteiger partial charge in [-0.1, -0.05) is 60.9 Å². The summed E-state index contributed by atoms with van der Waals surface area (Å²) in [5.41, 5.74) is 3.40. The Hall–Kier alpha value is -2.73. The molecule has 1 N–H and O–H groups in total. The van der Waals surface area contributed by atoms with E-state index in [0.29, 0.717) is 11.8 Å². The number of benzene rings is 2. The Labute approximate surface area is 207 Å². The van der Waals surface area contributed by atoms with Crippen LogP contribution >= 0.6 is 11.8 Å². The van der Waals surface area contributed by atoms with Crippen LogP contribution in [-0.4, -0.2) is 54.7 Å². The van der Waals surface area contributed by atoms with Crippen LogP contribution in [0.15, 0.2) is 59.5 Å². The third kappa shape index (κ3) is 6.23. The smallest absolute Gasteiger partial charge is 0.261 e. The average molecular weight is 478 g/mol. The monoisotopic (exact) mass is 477 g/mol. The summed E-state index contributed by atoms with van der Waals surface area (Å²) in [6, 6.07) is 18.6. The molecule has 1 saturated heterocycles. The second-order valence-electron chi connectivity index (χ2n) is 9.32. The molecule has 1 heterocycles. The van der Waals surface area contributed by atoms with Crippen molar-refractivity contribution in [3.05, 3.63) is 70.6 Å². The summed E-state index contributed by atoms with van der Waals surface area (Å²) < 4.78 is 0. The lowest BCUT2D eigenvalue weighted by Crippen LogP contribution is -2.54. The molecule has 180 valence electrons. The molecule has 1 aliphatic heterocycles. The third-order valence-electron chi connectivity index (χ3n) is 6.70. The summed E-state index contributed by atoms with van der Waals surface area (Å²) in [4.78, 5) is 31.0. The summed E-state index contributed by atoms with van der Waals surface area (Å²) in [6.07, 6.45) is 7.23. The van der Waals surface area contributed by atoms with E-state index in [1.165, 1.54) is 17.7 Å². The van der Waals surface area contributed by atoms with Gasteiger partial charge in [-0.05, 0) is 50.0 Å². The van der Waals surface area contributed by atoms with E-state index in [-0.39, 0.29) is 24.4 Å². The van der Waals surface area contributed by atoms with Gasteiger partial charge in [-0.2, -0.15) is 0 Å². The van der Waals surface area contributed by atoms with Crippen molar-refractivity contribution >= 4 is 35.3 Å². The second kappa shape index (κ2) is 11.6. The minimum absolute atomic E-state index is 0.00677. The number of thioether (sulfide) groups is 1. The molecule has 2 fully saturated rings. The molecule has 6 heteroatoms. The van der Waals surface area contributed by atoms with Crippen molar-refractivity contribution in [3.63, 3.8) is 0 Å². The SMILES string of the molecule is Cc1ccc(/C=C2\SC3CCCCC3N(CC(=O)NCCCN(C)c3ccccc3)C2=O)cc1. The lowest BCUT2D eigenvalue weighted by molar-refractivity contribution is -0.135. The molecule has 2 aromatic rings. The molecular weight excluding hydrogens is 442 g/mol. The molecule has 1 saturated carbocycles. The van der Waals surface area contributed by atoms with Gasteiger partial charge in [0, 0.05) is 37.1 Å². The van der Waals surface area contributed by atoms with Crippen molar-refractivity contribution in [2.75, 3.05) is 31.6 Å². The number of carbonyl (C=O) groups is 2. The summed E-state index contributed by atoms with van der Waals surface area (Å²) in [7, 11) is 2.06. The summed E-state index contributed by atoms with van der Waals surface area (Å²) >= 11 is 1.71. The van der Waals surface area contributed by atoms with E-state index >= 15 is 0 Å². The van der Waals surface area contributed by atoms with Crippen LogP contribution in [0.4, 0.5) is 5.69 Å². The van der Waals surface area contributed by atoms with Crippen LogP contribution < -0.4 is 10.2 Å². The van der Waals surface area contributed by atoms with Gasteiger partial charge in [-0.3, -0.25) is 9.59 Å². The third-order valence-corrected chi connectivity index (χ3v) is 8.10. The van der Waals surface area contributed by atoms with E-state index in [1.54, 1.807) is 11.8 Å². The maximum Gasteiger partial charge on any atom is 0.261 e. The van der Waals surface area contributed by atoms with Crippen LogP contribution in [0.25, 0.3) is 6.08 Å². The predicted molar refractivity (Wildman–Crippen MR) is 142 cm³/mol. The van der Waals surface area contributed by atoms with Crippen molar-refractivity contribution in [1.29, 1.82) is 0 Å². The molecule has 2 amide bonds. The molecule has 4 rings (SSSR count). The zero-order chi connectivity index (χ0) is 23.9. The van der Waals surface area contributed by atoms with Gasteiger partial charge >= 0.3 is 0 Å². The lowest BCUT2D eigenvalue weighted by atomic mass is 9.93. The Morgan fingerprint density at radius 2 is 1.85 bits per heavy atom. The number of hydrogen-bond donors (Lipinski definition) is 1. The molecule has 2 unspecified atom stereocenters. The first-order valence-electron chi connectivity index (χ1n) is 12.3. The number of fused-ring (bicyclic) bond motifs is 1. The van der Waals surface area contributed by atoms with E-state index in [1.807, 2.05) is 41.3 Å². The molecule has 1 aliphatic carbocycles. The first-order chi connectivity index (χ1) is 16.5. The number of nitrogens with zero attached hydrogens (tertiary/aromatic N) is 2. The van der Waals surface area contributed by atoms with Gasteiger partial charge in [0.15, 0.2) is 0 Å². The van der Waals surface area contributed by atoms with Gasteiger partial charge in [0.1, 0.15) is 6.54 Å². The quantitative estimate of drug-likeness (QED) is 0.436. The van der Waals surface area contributed by atoms with Gasteiger partial charge in [-0.15, -0.1) is 11.8 Å². The maximum absolute atomic E-state index is 13.4. The topological polar surface area (TPSA) is 52.7 Å². The van der Waals surface area contributed by atoms with Crippen molar-refractivity contribution < 1.29 is 9.59 Å². The first kappa shape index (κ1) is 24.4. The zero-order valence-corrected chi connectivity index (χ0v) is 21.0. The maximum atomic E-state index is 13.4. The molecule has 0 bridgehead atoms. The van der Waals surface area contributed by atoms with Gasteiger partial charge in [-0.25, -0.2) is 0 Å². The molecule has 0 radical (unpaired) electrons. The first-order valence-corrected chi connectivity index (χ1v) is 13.2. The number of hydrogen-bond acceptors (Lipinski definition) is 4. The van der Waals surface area contributed by atoms with Gasteiger partial charge in [0.25, 0.3) is 5.91 Å². The molecular formula is C28H35N3O2S.